The summed E-state index contributed by atoms with van der Waals surface area (Å²) < 4.78 is 10.2. The number of nitrogens with zero attached hydrogens (tertiary/aromatic N) is 1. The second kappa shape index (κ2) is 12.8. The van der Waals surface area contributed by atoms with E-state index in [0.29, 0.717) is 42.3 Å². The molecule has 0 unspecified atom stereocenters. The zero-order valence-corrected chi connectivity index (χ0v) is 19.1. The van der Waals surface area contributed by atoms with Crippen LogP contribution in [-0.2, 0) is 14.3 Å². The number of amides is 3. The molecule has 0 fully saturated rings. The average molecular weight is 456 g/mol. The number of hydrogen-bond donors (Lipinski definition) is 2. The van der Waals surface area contributed by atoms with Gasteiger partial charge in [0.05, 0.1) is 6.61 Å². The average Bonchev–Trinajstić information content (AvgIpc) is 2.83. The molecule has 9 heteroatoms. The molecule has 0 aromatic heterocycles. The molecule has 0 radical (unpaired) electrons. The zero-order valence-electron chi connectivity index (χ0n) is 19.1. The Hall–Kier alpha value is -3.88. The van der Waals surface area contributed by atoms with Gasteiger partial charge in [0.2, 0.25) is 0 Å². The van der Waals surface area contributed by atoms with Crippen LogP contribution in [0.1, 0.15) is 41.5 Å². The third-order valence-electron chi connectivity index (χ3n) is 4.65. The predicted molar refractivity (Wildman–Crippen MR) is 123 cm³/mol. The lowest BCUT2D eigenvalue weighted by Crippen LogP contribution is -2.32. The molecular weight excluding hydrogens is 426 g/mol. The minimum atomic E-state index is -0.746. The first-order chi connectivity index (χ1) is 15.9. The fourth-order valence-corrected chi connectivity index (χ4v) is 2.91. The Morgan fingerprint density at radius 1 is 0.848 bits per heavy atom. The number of carbonyl (C=O) groups excluding carboxylic acids is 4. The monoisotopic (exact) mass is 455 g/mol. The zero-order chi connectivity index (χ0) is 24.2. The van der Waals surface area contributed by atoms with Gasteiger partial charge in [-0.3, -0.25) is 19.2 Å². The molecule has 176 valence electrons. The summed E-state index contributed by atoms with van der Waals surface area (Å²) in [6.07, 6.45) is 0. The van der Waals surface area contributed by atoms with E-state index in [1.165, 1.54) is 0 Å². The molecule has 0 bridgehead atoms. The van der Waals surface area contributed by atoms with Gasteiger partial charge in [0.25, 0.3) is 17.7 Å². The van der Waals surface area contributed by atoms with E-state index < -0.39 is 24.4 Å². The van der Waals surface area contributed by atoms with Crippen molar-refractivity contribution in [1.29, 1.82) is 0 Å². The van der Waals surface area contributed by atoms with Gasteiger partial charge in [0.15, 0.2) is 6.61 Å². The van der Waals surface area contributed by atoms with Crippen molar-refractivity contribution in [1.82, 2.24) is 10.2 Å². The summed E-state index contributed by atoms with van der Waals surface area (Å²) in [6, 6.07) is 12.9. The maximum Gasteiger partial charge on any atom is 0.325 e. The number of rotatable bonds is 11. The van der Waals surface area contributed by atoms with Crippen LogP contribution in [0.4, 0.5) is 5.69 Å². The molecule has 0 spiro atoms. The Morgan fingerprint density at radius 3 is 2.03 bits per heavy atom. The van der Waals surface area contributed by atoms with Crippen LogP contribution in [0.5, 0.6) is 5.75 Å². The van der Waals surface area contributed by atoms with Crippen molar-refractivity contribution >= 4 is 29.4 Å². The Kier molecular flexibility index (Phi) is 9.88. The molecular formula is C24H29N3O6. The highest BCUT2D eigenvalue weighted by Gasteiger charge is 2.14. The van der Waals surface area contributed by atoms with Gasteiger partial charge >= 0.3 is 5.97 Å². The highest BCUT2D eigenvalue weighted by Crippen LogP contribution is 2.13. The van der Waals surface area contributed by atoms with Crippen LogP contribution < -0.4 is 15.4 Å². The van der Waals surface area contributed by atoms with Crippen LogP contribution in [0.3, 0.4) is 0 Å². The van der Waals surface area contributed by atoms with Gasteiger partial charge in [-0.05, 0) is 69.3 Å². The molecule has 3 amide bonds. The Bertz CT molecular complexity index is 953. The molecule has 0 aliphatic rings. The molecule has 0 saturated carbocycles. The smallest absolute Gasteiger partial charge is 0.325 e. The van der Waals surface area contributed by atoms with E-state index in [9.17, 15) is 19.2 Å². The summed E-state index contributed by atoms with van der Waals surface area (Å²) in [5.41, 5.74) is 1.36. The van der Waals surface area contributed by atoms with E-state index in [2.05, 4.69) is 10.6 Å². The van der Waals surface area contributed by atoms with Crippen LogP contribution in [0.2, 0.25) is 0 Å². The quantitative estimate of drug-likeness (QED) is 0.503. The summed E-state index contributed by atoms with van der Waals surface area (Å²) in [7, 11) is 0. The van der Waals surface area contributed by atoms with Crippen LogP contribution in [0, 0.1) is 0 Å². The van der Waals surface area contributed by atoms with Crippen molar-refractivity contribution in [3.63, 3.8) is 0 Å². The van der Waals surface area contributed by atoms with Gasteiger partial charge in [-0.1, -0.05) is 0 Å². The summed E-state index contributed by atoms with van der Waals surface area (Å²) >= 11 is 0. The molecule has 0 saturated heterocycles. The highest BCUT2D eigenvalue weighted by atomic mass is 16.5. The second-order valence-electron chi connectivity index (χ2n) is 6.90. The Balaban J connectivity index is 1.74. The van der Waals surface area contributed by atoms with Gasteiger partial charge < -0.3 is 25.0 Å². The van der Waals surface area contributed by atoms with Gasteiger partial charge in [0, 0.05) is 29.9 Å². The number of hydrogen-bond acceptors (Lipinski definition) is 6. The van der Waals surface area contributed by atoms with Crippen LogP contribution in [-0.4, -0.2) is 61.4 Å². The number of benzene rings is 2. The van der Waals surface area contributed by atoms with Crippen molar-refractivity contribution in [3.8, 4) is 5.75 Å². The number of carbonyl (C=O) groups is 4. The first-order valence-corrected chi connectivity index (χ1v) is 10.7. The summed E-state index contributed by atoms with van der Waals surface area (Å²) in [4.78, 5) is 49.9. The fraction of sp³-hybridized carbons (Fsp3) is 0.333. The molecule has 2 N–H and O–H groups in total. The molecule has 2 aromatic carbocycles. The van der Waals surface area contributed by atoms with E-state index in [4.69, 9.17) is 9.47 Å². The lowest BCUT2D eigenvalue weighted by molar-refractivity contribution is -0.146. The largest absolute Gasteiger partial charge is 0.494 e. The molecule has 2 rings (SSSR count). The molecule has 0 aliphatic carbocycles. The first kappa shape index (κ1) is 25.4. The predicted octanol–water partition coefficient (Wildman–Crippen LogP) is 2.48. The Morgan fingerprint density at radius 2 is 1.45 bits per heavy atom. The van der Waals surface area contributed by atoms with Gasteiger partial charge in [-0.2, -0.15) is 0 Å². The minimum absolute atomic E-state index is 0.0842. The molecule has 33 heavy (non-hydrogen) atoms. The molecule has 2 aromatic rings. The van der Waals surface area contributed by atoms with Crippen LogP contribution >= 0.6 is 0 Å². The lowest BCUT2D eigenvalue weighted by atomic mass is 10.2. The first-order valence-electron chi connectivity index (χ1n) is 10.7. The van der Waals surface area contributed by atoms with E-state index in [1.54, 1.807) is 53.4 Å². The van der Waals surface area contributed by atoms with E-state index in [1.807, 2.05) is 20.8 Å². The van der Waals surface area contributed by atoms with Gasteiger partial charge in [-0.15, -0.1) is 0 Å². The third kappa shape index (κ3) is 7.95. The lowest BCUT2D eigenvalue weighted by Gasteiger charge is -2.18. The second-order valence-corrected chi connectivity index (χ2v) is 6.90. The Labute approximate surface area is 193 Å². The number of anilines is 1. The van der Waals surface area contributed by atoms with Gasteiger partial charge in [0.1, 0.15) is 12.3 Å². The van der Waals surface area contributed by atoms with E-state index in [0.717, 1.165) is 0 Å². The van der Waals surface area contributed by atoms with Crippen molar-refractivity contribution in [2.45, 2.75) is 20.8 Å². The summed E-state index contributed by atoms with van der Waals surface area (Å²) in [5.74, 6) is -1.17. The van der Waals surface area contributed by atoms with Crippen molar-refractivity contribution < 1.29 is 28.7 Å². The number of esters is 1. The maximum atomic E-state index is 12.3. The number of ether oxygens (including phenoxy) is 2. The van der Waals surface area contributed by atoms with Crippen molar-refractivity contribution in [3.05, 3.63) is 59.7 Å². The molecule has 0 aliphatic heterocycles. The van der Waals surface area contributed by atoms with Crippen LogP contribution in [0.25, 0.3) is 0 Å². The maximum absolute atomic E-state index is 12.3. The number of nitrogens with one attached hydrogen (secondary N) is 2. The van der Waals surface area contributed by atoms with E-state index in [-0.39, 0.29) is 12.5 Å². The topological polar surface area (TPSA) is 114 Å². The molecule has 0 atom stereocenters. The highest BCUT2D eigenvalue weighted by molar-refractivity contribution is 5.97. The standard InChI is InChI=1S/C24H29N3O6/c1-4-27(5-2)24(31)18-7-11-19(12-8-18)26-21(28)16-33-22(29)15-25-23(30)17-9-13-20(14-10-17)32-6-3/h7-14H,4-6,15-16H2,1-3H3,(H,25,30)(H,26,28). The summed E-state index contributed by atoms with van der Waals surface area (Å²) in [5, 5.41) is 5.02. The van der Waals surface area contributed by atoms with Crippen molar-refractivity contribution in [2.24, 2.45) is 0 Å². The fourth-order valence-electron chi connectivity index (χ4n) is 2.91. The molecule has 9 nitrogen and oxygen atoms in total. The summed E-state index contributed by atoms with van der Waals surface area (Å²) in [6.45, 7) is 6.54. The minimum Gasteiger partial charge on any atom is -0.494 e. The normalized spacial score (nSPS) is 10.2. The van der Waals surface area contributed by atoms with Crippen LogP contribution in [0.15, 0.2) is 48.5 Å². The SMILES string of the molecule is CCOc1ccc(C(=O)NCC(=O)OCC(=O)Nc2ccc(C(=O)N(CC)CC)cc2)cc1. The van der Waals surface area contributed by atoms with Crippen molar-refractivity contribution in [2.75, 3.05) is 38.2 Å². The third-order valence-corrected chi connectivity index (χ3v) is 4.65. The van der Waals surface area contributed by atoms with Gasteiger partial charge in [-0.25, -0.2) is 0 Å². The van der Waals surface area contributed by atoms with E-state index >= 15 is 0 Å². The molecule has 0 heterocycles.